The van der Waals surface area contributed by atoms with E-state index in [1.165, 1.54) is 12.0 Å². The molecule has 1 unspecified atom stereocenters. The summed E-state index contributed by atoms with van der Waals surface area (Å²) in [7, 11) is 0. The Labute approximate surface area is 88.5 Å². The summed E-state index contributed by atoms with van der Waals surface area (Å²) in [6.45, 7) is 14.7. The second kappa shape index (κ2) is 3.69. The SMILES string of the molecule is [CH2]C(C)(C)OC(C)C1=CCC(C)(C)C1. The van der Waals surface area contributed by atoms with Crippen molar-refractivity contribution in [1.29, 1.82) is 0 Å². The molecule has 0 bridgehead atoms. The van der Waals surface area contributed by atoms with E-state index in [1.807, 2.05) is 13.8 Å². The smallest absolute Gasteiger partial charge is 0.0764 e. The Morgan fingerprint density at radius 1 is 1.50 bits per heavy atom. The van der Waals surface area contributed by atoms with Gasteiger partial charge in [0, 0.05) is 0 Å². The molecule has 81 valence electrons. The van der Waals surface area contributed by atoms with Crippen LogP contribution in [0.5, 0.6) is 0 Å². The van der Waals surface area contributed by atoms with Crippen LogP contribution in [0.3, 0.4) is 0 Å². The van der Waals surface area contributed by atoms with Crippen LogP contribution in [0.2, 0.25) is 0 Å². The molecule has 1 atom stereocenters. The molecule has 0 saturated heterocycles. The molecule has 0 saturated carbocycles. The van der Waals surface area contributed by atoms with Crippen LogP contribution in [0.25, 0.3) is 0 Å². The van der Waals surface area contributed by atoms with Crippen molar-refractivity contribution >= 4 is 0 Å². The number of hydrogen-bond acceptors (Lipinski definition) is 1. The molecule has 0 heterocycles. The molecule has 1 aliphatic carbocycles. The summed E-state index contributed by atoms with van der Waals surface area (Å²) in [5, 5.41) is 0. The molecule has 1 rings (SSSR count). The molecular weight excluding hydrogens is 172 g/mol. The van der Waals surface area contributed by atoms with Crippen LogP contribution in [-0.4, -0.2) is 11.7 Å². The van der Waals surface area contributed by atoms with E-state index in [-0.39, 0.29) is 11.7 Å². The van der Waals surface area contributed by atoms with Crippen LogP contribution < -0.4 is 0 Å². The van der Waals surface area contributed by atoms with Crippen molar-refractivity contribution in [3.8, 4) is 0 Å². The third-order valence-corrected chi connectivity index (χ3v) is 2.62. The Balaban J connectivity index is 2.52. The van der Waals surface area contributed by atoms with Gasteiger partial charge in [0.25, 0.3) is 0 Å². The predicted molar refractivity (Wildman–Crippen MR) is 61.1 cm³/mol. The molecule has 1 radical (unpaired) electrons. The first kappa shape index (κ1) is 11.8. The Morgan fingerprint density at radius 3 is 2.43 bits per heavy atom. The molecule has 1 aliphatic rings. The molecular formula is C13H23O. The van der Waals surface area contributed by atoms with E-state index in [4.69, 9.17) is 4.74 Å². The molecule has 0 amide bonds. The highest BCUT2D eigenvalue weighted by Gasteiger charge is 2.28. The van der Waals surface area contributed by atoms with Gasteiger partial charge in [-0.25, -0.2) is 0 Å². The van der Waals surface area contributed by atoms with Gasteiger partial charge in [0.1, 0.15) is 0 Å². The number of allylic oxidation sites excluding steroid dienone is 1. The van der Waals surface area contributed by atoms with Crippen LogP contribution in [0, 0.1) is 12.3 Å². The van der Waals surface area contributed by atoms with Crippen molar-refractivity contribution in [1.82, 2.24) is 0 Å². The van der Waals surface area contributed by atoms with E-state index in [2.05, 4.69) is 33.8 Å². The van der Waals surface area contributed by atoms with Crippen molar-refractivity contribution in [3.63, 3.8) is 0 Å². The van der Waals surface area contributed by atoms with E-state index < -0.39 is 0 Å². The van der Waals surface area contributed by atoms with Gasteiger partial charge in [0.2, 0.25) is 0 Å². The Morgan fingerprint density at radius 2 is 2.07 bits per heavy atom. The standard InChI is InChI=1S/C13H23O/c1-10(14-12(2,3)4)11-7-8-13(5,6)9-11/h7,10H,2,8-9H2,1,3-6H3. The fraction of sp³-hybridized carbons (Fsp3) is 0.769. The molecule has 14 heavy (non-hydrogen) atoms. The Hall–Kier alpha value is -0.300. The topological polar surface area (TPSA) is 9.23 Å². The fourth-order valence-electron chi connectivity index (χ4n) is 1.97. The van der Waals surface area contributed by atoms with E-state index in [1.54, 1.807) is 0 Å². The summed E-state index contributed by atoms with van der Waals surface area (Å²) in [5.41, 5.74) is 1.58. The van der Waals surface area contributed by atoms with Crippen LogP contribution in [0.1, 0.15) is 47.5 Å². The van der Waals surface area contributed by atoms with Crippen LogP contribution >= 0.6 is 0 Å². The number of rotatable bonds is 3. The van der Waals surface area contributed by atoms with Crippen LogP contribution in [-0.2, 0) is 4.74 Å². The lowest BCUT2D eigenvalue weighted by Crippen LogP contribution is -2.27. The first-order valence-corrected chi connectivity index (χ1v) is 5.42. The van der Waals surface area contributed by atoms with Crippen LogP contribution in [0.4, 0.5) is 0 Å². The summed E-state index contributed by atoms with van der Waals surface area (Å²) in [6, 6.07) is 0. The van der Waals surface area contributed by atoms with E-state index in [9.17, 15) is 0 Å². The van der Waals surface area contributed by atoms with E-state index in [0.717, 1.165) is 6.42 Å². The van der Waals surface area contributed by atoms with Gasteiger partial charge in [-0.3, -0.25) is 0 Å². The average molecular weight is 195 g/mol. The van der Waals surface area contributed by atoms with Gasteiger partial charge >= 0.3 is 0 Å². The number of ether oxygens (including phenoxy) is 1. The molecule has 0 aromatic carbocycles. The highest BCUT2D eigenvalue weighted by atomic mass is 16.5. The zero-order chi connectivity index (χ0) is 11.0. The zero-order valence-corrected chi connectivity index (χ0v) is 10.2. The quantitative estimate of drug-likeness (QED) is 0.623. The maximum absolute atomic E-state index is 5.84. The monoisotopic (exact) mass is 195 g/mol. The van der Waals surface area contributed by atoms with Crippen molar-refractivity contribution in [3.05, 3.63) is 18.6 Å². The minimum absolute atomic E-state index is 0.212. The van der Waals surface area contributed by atoms with Gasteiger partial charge in [-0.2, -0.15) is 0 Å². The zero-order valence-electron chi connectivity index (χ0n) is 10.2. The van der Waals surface area contributed by atoms with Crippen molar-refractivity contribution in [2.24, 2.45) is 5.41 Å². The van der Waals surface area contributed by atoms with Gasteiger partial charge < -0.3 is 4.74 Å². The summed E-state index contributed by atoms with van der Waals surface area (Å²) in [5.74, 6) is 0. The van der Waals surface area contributed by atoms with E-state index in [0.29, 0.717) is 5.41 Å². The van der Waals surface area contributed by atoms with Gasteiger partial charge in [-0.15, -0.1) is 0 Å². The summed E-state index contributed by atoms with van der Waals surface area (Å²) in [4.78, 5) is 0. The first-order valence-electron chi connectivity index (χ1n) is 5.42. The molecule has 0 fully saturated rings. The lowest BCUT2D eigenvalue weighted by molar-refractivity contribution is -0.0183. The summed E-state index contributed by atoms with van der Waals surface area (Å²) >= 11 is 0. The molecule has 1 heteroatoms. The largest absolute Gasteiger partial charge is 0.368 e. The molecule has 0 aromatic heterocycles. The number of hydrogen-bond donors (Lipinski definition) is 0. The predicted octanol–water partition coefficient (Wildman–Crippen LogP) is 3.75. The van der Waals surface area contributed by atoms with Crippen LogP contribution in [0.15, 0.2) is 11.6 Å². The minimum atomic E-state index is -0.285. The lowest BCUT2D eigenvalue weighted by Gasteiger charge is -2.27. The third-order valence-electron chi connectivity index (χ3n) is 2.62. The van der Waals surface area contributed by atoms with E-state index >= 15 is 0 Å². The fourth-order valence-corrected chi connectivity index (χ4v) is 1.97. The molecule has 0 aromatic rings. The molecule has 0 aliphatic heterocycles. The highest BCUT2D eigenvalue weighted by Crippen LogP contribution is 2.38. The lowest BCUT2D eigenvalue weighted by atomic mass is 9.89. The summed E-state index contributed by atoms with van der Waals surface area (Å²) in [6.07, 6.45) is 4.87. The second-order valence-corrected chi connectivity index (χ2v) is 5.84. The normalized spacial score (nSPS) is 23.4. The molecule has 0 N–H and O–H groups in total. The van der Waals surface area contributed by atoms with Crippen molar-refractivity contribution in [2.45, 2.75) is 59.2 Å². The Bertz CT molecular complexity index is 230. The second-order valence-electron chi connectivity index (χ2n) is 5.84. The summed E-state index contributed by atoms with van der Waals surface area (Å²) < 4.78 is 5.84. The van der Waals surface area contributed by atoms with Gasteiger partial charge in [-0.05, 0) is 51.5 Å². The maximum Gasteiger partial charge on any atom is 0.0764 e. The maximum atomic E-state index is 5.84. The average Bonchev–Trinajstić information content (AvgIpc) is 2.26. The highest BCUT2D eigenvalue weighted by molar-refractivity contribution is 5.17. The Kier molecular flexibility index (Phi) is 3.10. The third kappa shape index (κ3) is 3.45. The molecule has 0 spiro atoms. The molecule has 1 nitrogen and oxygen atoms in total. The van der Waals surface area contributed by atoms with Crippen molar-refractivity contribution in [2.75, 3.05) is 0 Å². The van der Waals surface area contributed by atoms with Crippen molar-refractivity contribution < 1.29 is 4.74 Å². The van der Waals surface area contributed by atoms with Gasteiger partial charge in [0.15, 0.2) is 0 Å². The van der Waals surface area contributed by atoms with Gasteiger partial charge in [0.05, 0.1) is 11.7 Å². The minimum Gasteiger partial charge on any atom is -0.368 e. The van der Waals surface area contributed by atoms with Gasteiger partial charge in [-0.1, -0.05) is 19.9 Å². The first-order chi connectivity index (χ1) is 6.20.